The maximum absolute atomic E-state index is 14.4. The predicted octanol–water partition coefficient (Wildman–Crippen LogP) is 3.00. The summed E-state index contributed by atoms with van der Waals surface area (Å²) in [5.74, 6) is -3.28. The molecular weight excluding hydrogens is 586 g/mol. The third kappa shape index (κ3) is 9.39. The molecule has 1 aliphatic heterocycles. The van der Waals surface area contributed by atoms with Crippen LogP contribution >= 0.6 is 0 Å². The molecule has 6 atom stereocenters. The predicted molar refractivity (Wildman–Crippen MR) is 175 cm³/mol. The van der Waals surface area contributed by atoms with Gasteiger partial charge in [0, 0.05) is 13.0 Å². The van der Waals surface area contributed by atoms with E-state index in [1.54, 1.807) is 0 Å². The molecule has 3 rings (SSSR count). The van der Waals surface area contributed by atoms with E-state index in [0.717, 1.165) is 18.4 Å². The second-order valence-corrected chi connectivity index (χ2v) is 15.0. The number of Topliss-reactive ketones (excluding diaryl/α,β-unsaturated/α-hetero) is 2. The third-order valence-corrected chi connectivity index (χ3v) is 9.22. The number of benzene rings is 1. The number of nitrogens with two attached hydrogens (primary N) is 1. The Bertz CT molecular complexity index is 1290. The number of hydrogen-bond donors (Lipinski definition) is 4. The topological polar surface area (TPSA) is 168 Å². The molecular formula is C35H53N5O6. The van der Waals surface area contributed by atoms with Crippen molar-refractivity contribution >= 4 is 35.3 Å². The lowest BCUT2D eigenvalue weighted by molar-refractivity contribution is -0.144. The minimum absolute atomic E-state index is 0.0176. The second kappa shape index (κ2) is 15.2. The molecule has 1 aliphatic carbocycles. The van der Waals surface area contributed by atoms with E-state index in [9.17, 15) is 28.8 Å². The lowest BCUT2D eigenvalue weighted by Gasteiger charge is -2.37. The first-order chi connectivity index (χ1) is 21.4. The summed E-state index contributed by atoms with van der Waals surface area (Å²) in [5.41, 5.74) is 5.39. The van der Waals surface area contributed by atoms with Crippen LogP contribution in [0.4, 0.5) is 4.79 Å². The number of urea groups is 1. The quantitative estimate of drug-likeness (QED) is 0.228. The molecule has 5 amide bonds. The van der Waals surface area contributed by atoms with Crippen LogP contribution < -0.4 is 21.7 Å². The molecule has 1 aromatic carbocycles. The first-order valence-corrected chi connectivity index (χ1v) is 16.5. The van der Waals surface area contributed by atoms with E-state index in [4.69, 9.17) is 5.73 Å². The first-order valence-electron chi connectivity index (χ1n) is 16.5. The highest BCUT2D eigenvalue weighted by Gasteiger charge is 2.50. The lowest BCUT2D eigenvalue weighted by Crippen LogP contribution is -2.62. The molecule has 254 valence electrons. The largest absolute Gasteiger partial charge is 0.363 e. The number of nitrogens with one attached hydrogen (secondary N) is 3. The van der Waals surface area contributed by atoms with Gasteiger partial charge in [-0.15, -0.1) is 0 Å². The molecule has 2 unspecified atom stereocenters. The van der Waals surface area contributed by atoms with Gasteiger partial charge in [0.2, 0.25) is 17.6 Å². The fraction of sp³-hybridized carbons (Fsp3) is 0.657. The van der Waals surface area contributed by atoms with Gasteiger partial charge in [0.15, 0.2) is 5.78 Å². The van der Waals surface area contributed by atoms with Crippen molar-refractivity contribution in [2.24, 2.45) is 40.7 Å². The van der Waals surface area contributed by atoms with Gasteiger partial charge in [-0.1, -0.05) is 98.6 Å². The fourth-order valence-electron chi connectivity index (χ4n) is 6.63. The number of carbonyl (C=O) groups is 6. The van der Waals surface area contributed by atoms with Crippen LogP contribution in [-0.2, 0) is 30.4 Å². The monoisotopic (exact) mass is 639 g/mol. The Morgan fingerprint density at radius 1 is 0.935 bits per heavy atom. The summed E-state index contributed by atoms with van der Waals surface area (Å²) < 4.78 is 0. The zero-order valence-electron chi connectivity index (χ0n) is 28.6. The number of amides is 5. The van der Waals surface area contributed by atoms with Crippen LogP contribution in [0.15, 0.2) is 30.3 Å². The zero-order valence-corrected chi connectivity index (χ0v) is 28.6. The Morgan fingerprint density at radius 2 is 1.54 bits per heavy atom. The Kier molecular flexibility index (Phi) is 12.1. The molecule has 0 aromatic heterocycles. The highest BCUT2D eigenvalue weighted by atomic mass is 16.2. The van der Waals surface area contributed by atoms with E-state index in [-0.39, 0.29) is 48.3 Å². The number of ketones is 2. The van der Waals surface area contributed by atoms with Crippen LogP contribution in [0, 0.1) is 35.0 Å². The smallest absolute Gasteiger partial charge is 0.316 e. The Morgan fingerprint density at radius 3 is 2.04 bits per heavy atom. The van der Waals surface area contributed by atoms with Gasteiger partial charge in [-0.3, -0.25) is 24.0 Å². The summed E-state index contributed by atoms with van der Waals surface area (Å²) >= 11 is 0. The molecule has 1 heterocycles. The van der Waals surface area contributed by atoms with Gasteiger partial charge in [-0.2, -0.15) is 0 Å². The summed E-state index contributed by atoms with van der Waals surface area (Å²) in [6.07, 6.45) is 2.30. The van der Waals surface area contributed by atoms with Crippen molar-refractivity contribution in [3.8, 4) is 0 Å². The molecule has 11 heteroatoms. The first kappa shape index (κ1) is 36.7. The van der Waals surface area contributed by atoms with Gasteiger partial charge < -0.3 is 26.6 Å². The number of primary amides is 1. The Hall–Kier alpha value is -3.76. The van der Waals surface area contributed by atoms with Crippen LogP contribution in [0.2, 0.25) is 0 Å². The fourth-order valence-corrected chi connectivity index (χ4v) is 6.63. The lowest BCUT2D eigenvalue weighted by atomic mass is 9.81. The summed E-state index contributed by atoms with van der Waals surface area (Å²) in [6.45, 7) is 15.4. The molecule has 5 N–H and O–H groups in total. The summed E-state index contributed by atoms with van der Waals surface area (Å²) in [7, 11) is 0. The van der Waals surface area contributed by atoms with E-state index < -0.39 is 59.1 Å². The van der Waals surface area contributed by atoms with Crippen molar-refractivity contribution < 1.29 is 28.8 Å². The van der Waals surface area contributed by atoms with E-state index >= 15 is 0 Å². The molecule has 1 saturated heterocycles. The minimum atomic E-state index is -1.11. The number of nitrogens with zero attached hydrogens (tertiary/aromatic N) is 1. The van der Waals surface area contributed by atoms with Crippen molar-refractivity contribution in [3.63, 3.8) is 0 Å². The van der Waals surface area contributed by atoms with Gasteiger partial charge in [-0.25, -0.2) is 4.79 Å². The Labute approximate surface area is 273 Å². The van der Waals surface area contributed by atoms with Crippen LogP contribution in [0.5, 0.6) is 0 Å². The van der Waals surface area contributed by atoms with E-state index in [0.29, 0.717) is 6.42 Å². The van der Waals surface area contributed by atoms with E-state index in [2.05, 4.69) is 16.0 Å². The molecule has 1 saturated carbocycles. The molecule has 2 aliphatic rings. The minimum Gasteiger partial charge on any atom is -0.363 e. The molecule has 0 spiro atoms. The Balaban J connectivity index is 1.84. The van der Waals surface area contributed by atoms with E-state index in [1.807, 2.05) is 85.7 Å². The van der Waals surface area contributed by atoms with Crippen molar-refractivity contribution in [2.45, 2.75) is 105 Å². The van der Waals surface area contributed by atoms with Crippen LogP contribution in [0.1, 0.15) is 80.2 Å². The molecule has 1 aromatic rings. The molecule has 0 bridgehead atoms. The summed E-state index contributed by atoms with van der Waals surface area (Å²) in [6, 6.07) is 4.85. The van der Waals surface area contributed by atoms with Crippen molar-refractivity contribution in [1.29, 1.82) is 0 Å². The highest BCUT2D eigenvalue weighted by molar-refractivity contribution is 6.37. The van der Waals surface area contributed by atoms with Crippen LogP contribution in [-0.4, -0.2) is 70.9 Å². The SMILES string of the molecule is CC(C)C1[C@@H](C(=O)NC(CC2CC2)C(=O)C(N)=O)N(C(=O)[C@@H](NC(=O)N[C@H](C(=O)Cc2ccccc2)C(C)C)C(C)(C)C)C[C@@H]1C. The average Bonchev–Trinajstić information content (AvgIpc) is 3.71. The van der Waals surface area contributed by atoms with Crippen molar-refractivity contribution in [3.05, 3.63) is 35.9 Å². The van der Waals surface area contributed by atoms with Gasteiger partial charge in [0.25, 0.3) is 5.91 Å². The van der Waals surface area contributed by atoms with Crippen LogP contribution in [0.3, 0.4) is 0 Å². The maximum Gasteiger partial charge on any atom is 0.316 e. The zero-order chi connectivity index (χ0) is 34.5. The van der Waals surface area contributed by atoms with E-state index in [1.165, 1.54) is 4.90 Å². The third-order valence-electron chi connectivity index (χ3n) is 9.22. The van der Waals surface area contributed by atoms with Gasteiger partial charge in [0.1, 0.15) is 12.1 Å². The van der Waals surface area contributed by atoms with Gasteiger partial charge >= 0.3 is 6.03 Å². The average molecular weight is 640 g/mol. The highest BCUT2D eigenvalue weighted by Crippen LogP contribution is 2.38. The van der Waals surface area contributed by atoms with Crippen molar-refractivity contribution in [1.82, 2.24) is 20.9 Å². The maximum atomic E-state index is 14.4. The standard InChI is InChI=1S/C35H53N5O6/c1-19(2)26-21(5)18-40(28(26)32(44)37-24(16-23-14-15-23)29(42)31(36)43)33(45)30(35(6,7)8)39-34(46)38-27(20(3)4)25(41)17-22-12-10-9-11-13-22/h9-13,19-21,23-24,26-28,30H,14-18H2,1-8H3,(H2,36,43)(H,37,44)(H2,38,39,46)/t21-,24?,26?,27-,28-,30+/m0/s1. The molecule has 46 heavy (non-hydrogen) atoms. The number of carbonyl (C=O) groups excluding carboxylic acids is 6. The number of likely N-dealkylation sites (tertiary alicyclic amines) is 1. The van der Waals surface area contributed by atoms with Gasteiger partial charge in [-0.05, 0) is 47.0 Å². The number of rotatable bonds is 14. The molecule has 2 fully saturated rings. The normalized spacial score (nSPS) is 21.8. The summed E-state index contributed by atoms with van der Waals surface area (Å²) in [4.78, 5) is 80.9. The van der Waals surface area contributed by atoms with Crippen molar-refractivity contribution in [2.75, 3.05) is 6.54 Å². The summed E-state index contributed by atoms with van der Waals surface area (Å²) in [5, 5.41) is 8.39. The van der Waals surface area contributed by atoms with Gasteiger partial charge in [0.05, 0.1) is 12.1 Å². The molecule has 0 radical (unpaired) electrons. The van der Waals surface area contributed by atoms with Crippen LogP contribution in [0.25, 0.3) is 0 Å². The molecule has 11 nitrogen and oxygen atoms in total. The number of hydrogen-bond acceptors (Lipinski definition) is 6. The second-order valence-electron chi connectivity index (χ2n) is 15.0.